The van der Waals surface area contributed by atoms with Gasteiger partial charge >= 0.3 is 5.82 Å². The Bertz CT molecular complexity index is 406. The molecule has 1 aliphatic rings. The number of hydrogen-bond acceptors (Lipinski definition) is 5. The molecule has 6 nitrogen and oxygen atoms in total. The number of rotatable bonds is 2. The van der Waals surface area contributed by atoms with Gasteiger partial charge in [0.15, 0.2) is 6.20 Å². The van der Waals surface area contributed by atoms with E-state index < -0.39 is 11.0 Å². The Morgan fingerprint density at radius 2 is 2.33 bits per heavy atom. The van der Waals surface area contributed by atoms with Crippen LogP contribution in [0.3, 0.4) is 0 Å². The van der Waals surface area contributed by atoms with Crippen molar-refractivity contribution >= 4 is 27.4 Å². The second-order valence-electron chi connectivity index (χ2n) is 3.31. The summed E-state index contributed by atoms with van der Waals surface area (Å²) in [7, 11) is 0. The minimum atomic E-state index is -0.521. The van der Waals surface area contributed by atoms with Gasteiger partial charge in [-0.3, -0.25) is 0 Å². The Morgan fingerprint density at radius 1 is 1.67 bits per heavy atom. The summed E-state index contributed by atoms with van der Waals surface area (Å²) in [4.78, 5) is 15.6. The molecule has 1 saturated heterocycles. The van der Waals surface area contributed by atoms with E-state index in [0.717, 1.165) is 0 Å². The predicted molar refractivity (Wildman–Crippen MR) is 56.8 cm³/mol. The number of nitrogens with zero attached hydrogens (tertiary/aromatic N) is 3. The van der Waals surface area contributed by atoms with Crippen LogP contribution < -0.4 is 4.90 Å². The van der Waals surface area contributed by atoms with E-state index in [0.29, 0.717) is 23.2 Å². The van der Waals surface area contributed by atoms with Crippen LogP contribution in [-0.4, -0.2) is 34.2 Å². The zero-order valence-electron chi connectivity index (χ0n) is 7.63. The molecule has 80 valence electrons. The van der Waals surface area contributed by atoms with Crippen molar-refractivity contribution in [1.82, 2.24) is 4.98 Å². The molecule has 0 saturated carbocycles. The fourth-order valence-corrected chi connectivity index (χ4v) is 1.77. The van der Waals surface area contributed by atoms with Crippen LogP contribution >= 0.6 is 15.9 Å². The Kier molecular flexibility index (Phi) is 2.57. The van der Waals surface area contributed by atoms with Crippen molar-refractivity contribution in [2.24, 2.45) is 0 Å². The predicted octanol–water partition coefficient (Wildman–Crippen LogP) is 0.933. The third-order valence-corrected chi connectivity index (χ3v) is 2.62. The Balaban J connectivity index is 2.35. The normalized spacial score (nSPS) is 16.3. The van der Waals surface area contributed by atoms with Gasteiger partial charge in [-0.1, -0.05) is 0 Å². The van der Waals surface area contributed by atoms with E-state index in [4.69, 9.17) is 5.11 Å². The third kappa shape index (κ3) is 1.93. The lowest BCUT2D eigenvalue weighted by Crippen LogP contribution is -2.51. The van der Waals surface area contributed by atoms with Gasteiger partial charge in [0.2, 0.25) is 0 Å². The summed E-state index contributed by atoms with van der Waals surface area (Å²) in [5.41, 5.74) is 0.444. The number of hydrogen-bond donors (Lipinski definition) is 1. The van der Waals surface area contributed by atoms with Gasteiger partial charge < -0.3 is 20.1 Å². The van der Waals surface area contributed by atoms with Gasteiger partial charge in [0.25, 0.3) is 0 Å². The maximum Gasteiger partial charge on any atom is 0.387 e. The van der Waals surface area contributed by atoms with Gasteiger partial charge in [-0.25, -0.2) is 0 Å². The molecule has 0 radical (unpaired) electrons. The van der Waals surface area contributed by atoms with Crippen LogP contribution in [-0.2, 0) is 0 Å². The maximum absolute atomic E-state index is 10.7. The van der Waals surface area contributed by atoms with Crippen molar-refractivity contribution in [3.8, 4) is 0 Å². The molecule has 2 heterocycles. The first-order chi connectivity index (χ1) is 7.08. The zero-order valence-corrected chi connectivity index (χ0v) is 9.22. The molecule has 2 rings (SSSR count). The van der Waals surface area contributed by atoms with E-state index in [-0.39, 0.29) is 5.82 Å². The topological polar surface area (TPSA) is 79.5 Å². The molecule has 1 aromatic rings. The lowest BCUT2D eigenvalue weighted by molar-refractivity contribution is -0.388. The van der Waals surface area contributed by atoms with Crippen molar-refractivity contribution in [3.63, 3.8) is 0 Å². The monoisotopic (exact) mass is 273 g/mol. The van der Waals surface area contributed by atoms with Crippen LogP contribution in [0.4, 0.5) is 11.5 Å². The Labute approximate surface area is 93.8 Å². The van der Waals surface area contributed by atoms with Crippen molar-refractivity contribution in [2.45, 2.75) is 6.10 Å². The lowest BCUT2D eigenvalue weighted by atomic mass is 10.1. The van der Waals surface area contributed by atoms with E-state index in [1.54, 1.807) is 11.0 Å². The second kappa shape index (κ2) is 3.74. The number of pyridine rings is 1. The second-order valence-corrected chi connectivity index (χ2v) is 4.23. The summed E-state index contributed by atoms with van der Waals surface area (Å²) >= 11 is 3.21. The molecular formula is C8H8BrN3O3. The van der Waals surface area contributed by atoms with E-state index in [2.05, 4.69) is 20.9 Å². The molecule has 1 fully saturated rings. The zero-order chi connectivity index (χ0) is 11.0. The molecule has 7 heteroatoms. The smallest absolute Gasteiger partial charge is 0.387 e. The molecular weight excluding hydrogens is 266 g/mol. The fourth-order valence-electron chi connectivity index (χ4n) is 1.45. The summed E-state index contributed by atoms with van der Waals surface area (Å²) in [6.45, 7) is 0.831. The summed E-state index contributed by atoms with van der Waals surface area (Å²) in [6, 6.07) is 1.64. The molecule has 0 aliphatic carbocycles. The highest BCUT2D eigenvalue weighted by Crippen LogP contribution is 2.31. The number of nitro groups is 1. The number of aromatic nitrogens is 1. The van der Waals surface area contributed by atoms with Gasteiger partial charge in [0, 0.05) is 13.1 Å². The lowest BCUT2D eigenvalue weighted by Gasteiger charge is -2.36. The van der Waals surface area contributed by atoms with Gasteiger partial charge in [-0.05, 0) is 31.9 Å². The summed E-state index contributed by atoms with van der Waals surface area (Å²) in [5, 5.41) is 19.8. The number of β-amino-alcohol motifs (C(OH)–C–C–N with tert-alkyl or cyclic N) is 1. The highest BCUT2D eigenvalue weighted by atomic mass is 79.9. The van der Waals surface area contributed by atoms with Crippen LogP contribution in [0.5, 0.6) is 0 Å². The van der Waals surface area contributed by atoms with E-state index in [1.165, 1.54) is 6.20 Å². The van der Waals surface area contributed by atoms with Crippen LogP contribution in [0.15, 0.2) is 16.7 Å². The quantitative estimate of drug-likeness (QED) is 0.641. The number of aliphatic hydroxyl groups is 1. The molecule has 1 aromatic heterocycles. The third-order valence-electron chi connectivity index (χ3n) is 2.19. The minimum absolute atomic E-state index is 0.176. The minimum Gasteiger partial charge on any atom is -0.389 e. The average Bonchev–Trinajstić information content (AvgIpc) is 2.12. The fraction of sp³-hybridized carbons (Fsp3) is 0.375. The van der Waals surface area contributed by atoms with Gasteiger partial charge in [-0.2, -0.15) is 0 Å². The molecule has 0 atom stereocenters. The van der Waals surface area contributed by atoms with Gasteiger partial charge in [0.05, 0.1) is 10.6 Å². The summed E-state index contributed by atoms with van der Waals surface area (Å²) in [5.74, 6) is -0.176. The standard InChI is InChI=1S/C8H8BrN3O3/c9-5-1-7(11-3-6(13)4-11)8(10-2-5)12(14)15/h1-2,6,13H,3-4H2. The SMILES string of the molecule is O=[N+]([O-])c1ncc(Br)cc1N1CC(O)C1. The maximum atomic E-state index is 10.7. The molecule has 1 N–H and O–H groups in total. The number of aliphatic hydroxyl groups excluding tert-OH is 1. The van der Waals surface area contributed by atoms with E-state index in [1.807, 2.05) is 0 Å². The van der Waals surface area contributed by atoms with Crippen molar-refractivity contribution < 1.29 is 10.0 Å². The largest absolute Gasteiger partial charge is 0.389 e. The highest BCUT2D eigenvalue weighted by Gasteiger charge is 2.30. The molecule has 15 heavy (non-hydrogen) atoms. The molecule has 0 bridgehead atoms. The number of halogens is 1. The van der Waals surface area contributed by atoms with Gasteiger partial charge in [-0.15, -0.1) is 0 Å². The molecule has 0 amide bonds. The van der Waals surface area contributed by atoms with Crippen molar-refractivity contribution in [1.29, 1.82) is 0 Å². The molecule has 0 spiro atoms. The van der Waals surface area contributed by atoms with E-state index >= 15 is 0 Å². The average molecular weight is 274 g/mol. The van der Waals surface area contributed by atoms with Crippen LogP contribution in [0.2, 0.25) is 0 Å². The summed E-state index contributed by atoms with van der Waals surface area (Å²) in [6.07, 6.45) is 0.987. The Morgan fingerprint density at radius 3 is 2.87 bits per heavy atom. The first-order valence-electron chi connectivity index (χ1n) is 4.31. The van der Waals surface area contributed by atoms with E-state index in [9.17, 15) is 10.1 Å². The van der Waals surface area contributed by atoms with Gasteiger partial charge in [0.1, 0.15) is 5.69 Å². The first-order valence-corrected chi connectivity index (χ1v) is 5.10. The highest BCUT2D eigenvalue weighted by molar-refractivity contribution is 9.10. The van der Waals surface area contributed by atoms with Crippen molar-refractivity contribution in [2.75, 3.05) is 18.0 Å². The first kappa shape index (κ1) is 10.3. The Hall–Kier alpha value is -1.21. The number of anilines is 1. The molecule has 1 aliphatic heterocycles. The summed E-state index contributed by atoms with van der Waals surface area (Å²) < 4.78 is 0.685. The molecule has 0 unspecified atom stereocenters. The molecule has 0 aromatic carbocycles. The van der Waals surface area contributed by atoms with Crippen molar-refractivity contribution in [3.05, 3.63) is 26.9 Å². The van der Waals surface area contributed by atoms with Crippen LogP contribution in [0.1, 0.15) is 0 Å². The van der Waals surface area contributed by atoms with Crippen LogP contribution in [0, 0.1) is 10.1 Å². The van der Waals surface area contributed by atoms with Crippen LogP contribution in [0.25, 0.3) is 0 Å².